The molecule has 2 amide bonds. The fraction of sp³-hybridized carbons (Fsp3) is 0.211. The van der Waals surface area contributed by atoms with Crippen molar-refractivity contribution in [2.75, 3.05) is 14.1 Å². The van der Waals surface area contributed by atoms with E-state index in [1.807, 2.05) is 44.2 Å². The number of nitrogens with zero attached hydrogens (tertiary/aromatic N) is 3. The molecule has 1 saturated heterocycles. The number of hydrogen-bond acceptors (Lipinski definition) is 3. The molecule has 2 aromatic rings. The highest BCUT2D eigenvalue weighted by molar-refractivity contribution is 9.10. The molecule has 26 heavy (non-hydrogen) atoms. The third kappa shape index (κ3) is 3.01. The van der Waals surface area contributed by atoms with Gasteiger partial charge in [0.15, 0.2) is 5.11 Å². The number of likely N-dealkylation sites (N-methyl/N-ethyl adjacent to an activating group) is 2. The first kappa shape index (κ1) is 18.5. The zero-order valence-electron chi connectivity index (χ0n) is 14.9. The number of amides is 2. The quantitative estimate of drug-likeness (QED) is 0.415. The number of aromatic nitrogens is 1. The number of carbonyl (C=O) groups excluding carboxylic acids is 2. The summed E-state index contributed by atoms with van der Waals surface area (Å²) in [4.78, 5) is 27.7. The minimum absolute atomic E-state index is 0.111. The average molecular weight is 432 g/mol. The van der Waals surface area contributed by atoms with Gasteiger partial charge >= 0.3 is 0 Å². The van der Waals surface area contributed by atoms with Crippen molar-refractivity contribution < 1.29 is 9.59 Å². The Hall–Kier alpha value is -2.25. The second-order valence-electron chi connectivity index (χ2n) is 6.21. The number of aryl methyl sites for hydroxylation is 1. The predicted molar refractivity (Wildman–Crippen MR) is 109 cm³/mol. The van der Waals surface area contributed by atoms with Crippen LogP contribution < -0.4 is 0 Å². The molecule has 0 bridgehead atoms. The first-order valence-corrected chi connectivity index (χ1v) is 9.19. The second-order valence-corrected chi connectivity index (χ2v) is 7.49. The molecule has 5 nitrogen and oxygen atoms in total. The first-order valence-electron chi connectivity index (χ1n) is 7.99. The Morgan fingerprint density at radius 2 is 1.54 bits per heavy atom. The van der Waals surface area contributed by atoms with Gasteiger partial charge in [0, 0.05) is 35.6 Å². The summed E-state index contributed by atoms with van der Waals surface area (Å²) in [5.41, 5.74) is 3.93. The number of hydrogen-bond donors (Lipinski definition) is 0. The molecule has 0 aliphatic carbocycles. The molecule has 134 valence electrons. The van der Waals surface area contributed by atoms with Crippen LogP contribution in [0.25, 0.3) is 11.8 Å². The summed E-state index contributed by atoms with van der Waals surface area (Å²) in [7, 11) is 3.15. The van der Waals surface area contributed by atoms with E-state index in [4.69, 9.17) is 12.2 Å². The molecule has 0 unspecified atom stereocenters. The van der Waals surface area contributed by atoms with Gasteiger partial charge in [0.25, 0.3) is 11.8 Å². The average Bonchev–Trinajstić information content (AvgIpc) is 2.90. The lowest BCUT2D eigenvalue weighted by Gasteiger charge is -2.31. The first-order chi connectivity index (χ1) is 12.2. The van der Waals surface area contributed by atoms with Crippen LogP contribution in [0.15, 0.2) is 40.4 Å². The van der Waals surface area contributed by atoms with E-state index in [-0.39, 0.29) is 22.5 Å². The van der Waals surface area contributed by atoms with E-state index >= 15 is 0 Å². The second kappa shape index (κ2) is 6.81. The van der Waals surface area contributed by atoms with E-state index in [2.05, 4.69) is 20.5 Å². The Balaban J connectivity index is 2.08. The maximum atomic E-state index is 12.5. The molecular formula is C19H18BrN3O2S. The minimum Gasteiger partial charge on any atom is -0.318 e. The molecule has 1 aliphatic rings. The van der Waals surface area contributed by atoms with Gasteiger partial charge in [0.05, 0.1) is 0 Å². The van der Waals surface area contributed by atoms with E-state index in [9.17, 15) is 9.59 Å². The van der Waals surface area contributed by atoms with Crippen LogP contribution in [0.3, 0.4) is 0 Å². The lowest BCUT2D eigenvalue weighted by Crippen LogP contribution is -2.52. The van der Waals surface area contributed by atoms with Crippen LogP contribution >= 0.6 is 28.1 Å². The van der Waals surface area contributed by atoms with E-state index in [0.29, 0.717) is 0 Å². The van der Waals surface area contributed by atoms with Crippen LogP contribution in [0, 0.1) is 13.8 Å². The van der Waals surface area contributed by atoms with E-state index in [1.165, 1.54) is 9.80 Å². The largest absolute Gasteiger partial charge is 0.318 e. The number of halogens is 1. The van der Waals surface area contributed by atoms with Crippen LogP contribution in [0.1, 0.15) is 17.0 Å². The van der Waals surface area contributed by atoms with Crippen molar-refractivity contribution in [3.63, 3.8) is 0 Å². The van der Waals surface area contributed by atoms with Gasteiger partial charge in [0.1, 0.15) is 5.57 Å². The van der Waals surface area contributed by atoms with Gasteiger partial charge < -0.3 is 4.57 Å². The lowest BCUT2D eigenvalue weighted by molar-refractivity contribution is -0.132. The van der Waals surface area contributed by atoms with Crippen molar-refractivity contribution in [2.24, 2.45) is 0 Å². The van der Waals surface area contributed by atoms with Crippen molar-refractivity contribution in [1.29, 1.82) is 0 Å². The maximum Gasteiger partial charge on any atom is 0.265 e. The summed E-state index contributed by atoms with van der Waals surface area (Å²) in [6.07, 6.45) is 1.65. The van der Waals surface area contributed by atoms with Gasteiger partial charge in [-0.1, -0.05) is 15.9 Å². The normalized spacial score (nSPS) is 15.1. The Labute approximate surface area is 166 Å². The van der Waals surface area contributed by atoms with Crippen molar-refractivity contribution in [1.82, 2.24) is 14.4 Å². The van der Waals surface area contributed by atoms with Crippen molar-refractivity contribution in [2.45, 2.75) is 13.8 Å². The molecule has 7 heteroatoms. The molecule has 0 saturated carbocycles. The molecule has 0 radical (unpaired) electrons. The molecule has 1 fully saturated rings. The summed E-state index contributed by atoms with van der Waals surface area (Å²) < 4.78 is 3.10. The standard InChI is InChI=1S/C19H18BrN3O2S/c1-11-9-13(12(2)23(11)15-7-5-14(20)6-8-15)10-16-17(24)21(3)19(26)22(4)18(16)25/h5-10H,1-4H3. The molecule has 1 aromatic heterocycles. The fourth-order valence-corrected chi connectivity index (χ4v) is 3.48. The van der Waals surface area contributed by atoms with Crippen LogP contribution in [0.5, 0.6) is 0 Å². The van der Waals surface area contributed by atoms with Gasteiger partial charge in [-0.05, 0) is 68.0 Å². The van der Waals surface area contributed by atoms with Crippen LogP contribution in [0.4, 0.5) is 0 Å². The van der Waals surface area contributed by atoms with Crippen LogP contribution in [-0.4, -0.2) is 45.4 Å². The van der Waals surface area contributed by atoms with E-state index < -0.39 is 0 Å². The summed E-state index contributed by atoms with van der Waals surface area (Å²) in [6.45, 7) is 3.96. The molecule has 1 aliphatic heterocycles. The number of carbonyl (C=O) groups is 2. The summed E-state index contributed by atoms with van der Waals surface area (Å²) in [6, 6.07) is 9.95. The van der Waals surface area contributed by atoms with Gasteiger partial charge in [-0.25, -0.2) is 0 Å². The van der Waals surface area contributed by atoms with E-state index in [1.54, 1.807) is 20.2 Å². The van der Waals surface area contributed by atoms with Gasteiger partial charge in [0.2, 0.25) is 0 Å². The number of thiocarbonyl (C=S) groups is 1. The number of benzene rings is 1. The molecule has 1 aromatic carbocycles. The highest BCUT2D eigenvalue weighted by Gasteiger charge is 2.35. The monoisotopic (exact) mass is 431 g/mol. The minimum atomic E-state index is -0.383. The topological polar surface area (TPSA) is 45.6 Å². The Kier molecular flexibility index (Phi) is 4.86. The highest BCUT2D eigenvalue weighted by Crippen LogP contribution is 2.25. The SMILES string of the molecule is Cc1cc(C=C2C(=O)N(C)C(=S)N(C)C2=O)c(C)n1-c1ccc(Br)cc1. The lowest BCUT2D eigenvalue weighted by atomic mass is 10.1. The molecule has 3 rings (SSSR count). The van der Waals surface area contributed by atoms with E-state index in [0.717, 1.165) is 27.1 Å². The van der Waals surface area contributed by atoms with Gasteiger partial charge in [-0.15, -0.1) is 0 Å². The summed E-state index contributed by atoms with van der Waals surface area (Å²) >= 11 is 8.56. The van der Waals surface area contributed by atoms with Crippen LogP contribution in [-0.2, 0) is 9.59 Å². The predicted octanol–water partition coefficient (Wildman–Crippen LogP) is 3.46. The molecule has 0 spiro atoms. The maximum absolute atomic E-state index is 12.5. The summed E-state index contributed by atoms with van der Waals surface area (Å²) in [5, 5.41) is 0.206. The Bertz CT molecular complexity index is 934. The fourth-order valence-electron chi connectivity index (χ4n) is 3.05. The van der Waals surface area contributed by atoms with Crippen molar-refractivity contribution in [3.8, 4) is 5.69 Å². The van der Waals surface area contributed by atoms with Crippen molar-refractivity contribution >= 4 is 51.2 Å². The van der Waals surface area contributed by atoms with Crippen molar-refractivity contribution in [3.05, 3.63) is 57.3 Å². The summed E-state index contributed by atoms with van der Waals surface area (Å²) in [5.74, 6) is -0.766. The van der Waals surface area contributed by atoms with Crippen LogP contribution in [0.2, 0.25) is 0 Å². The highest BCUT2D eigenvalue weighted by atomic mass is 79.9. The third-order valence-electron chi connectivity index (χ3n) is 4.50. The Morgan fingerprint density at radius 1 is 1.00 bits per heavy atom. The zero-order valence-corrected chi connectivity index (χ0v) is 17.3. The molecule has 2 heterocycles. The molecular weight excluding hydrogens is 414 g/mol. The number of rotatable bonds is 2. The third-order valence-corrected chi connectivity index (χ3v) is 5.58. The molecule has 0 atom stereocenters. The Morgan fingerprint density at radius 3 is 2.08 bits per heavy atom. The molecule has 0 N–H and O–H groups in total. The van der Waals surface area contributed by atoms with Gasteiger partial charge in [-0.3, -0.25) is 19.4 Å². The van der Waals surface area contributed by atoms with Gasteiger partial charge in [-0.2, -0.15) is 0 Å². The smallest absolute Gasteiger partial charge is 0.265 e. The zero-order chi connectivity index (χ0) is 19.2.